The highest BCUT2D eigenvalue weighted by Gasteiger charge is 2.26. The van der Waals surface area contributed by atoms with Gasteiger partial charge in [0.05, 0.1) is 5.52 Å². The van der Waals surface area contributed by atoms with E-state index in [9.17, 15) is 8.42 Å². The molecule has 1 aromatic carbocycles. The first kappa shape index (κ1) is 21.3. The Morgan fingerprint density at radius 1 is 0.967 bits per heavy atom. The summed E-state index contributed by atoms with van der Waals surface area (Å²) in [6.07, 6.45) is 7.28. The number of para-hydroxylation sites is 1. The molecule has 0 unspecified atom stereocenters. The molecule has 164 valence electrons. The van der Waals surface area contributed by atoms with E-state index in [0.717, 1.165) is 62.4 Å². The van der Waals surface area contributed by atoms with E-state index in [1.165, 1.54) is 0 Å². The molecular formula is C21H32N6O2S. The molecule has 9 heteroatoms. The molecule has 0 radical (unpaired) electrons. The SMILES string of the molecule is Nc1nc(NCC2CCC(CNS(=O)(=O)N3CCCCC3)CC2)nc2ccccc12. The van der Waals surface area contributed by atoms with Crippen molar-refractivity contribution in [3.8, 4) is 0 Å². The normalized spacial score (nSPS) is 23.5. The van der Waals surface area contributed by atoms with Gasteiger partial charge in [-0.3, -0.25) is 0 Å². The number of nitrogen functional groups attached to an aromatic ring is 1. The highest BCUT2D eigenvalue weighted by Crippen LogP contribution is 2.29. The molecule has 0 amide bonds. The third-order valence-corrected chi connectivity index (χ3v) is 7.93. The fourth-order valence-corrected chi connectivity index (χ4v) is 5.84. The van der Waals surface area contributed by atoms with Gasteiger partial charge in [-0.05, 0) is 62.5 Å². The number of piperidine rings is 1. The van der Waals surface area contributed by atoms with Crippen molar-refractivity contribution in [2.75, 3.05) is 37.2 Å². The summed E-state index contributed by atoms with van der Waals surface area (Å²) in [5, 5.41) is 4.21. The van der Waals surface area contributed by atoms with Crippen LogP contribution in [-0.4, -0.2) is 48.9 Å². The van der Waals surface area contributed by atoms with Gasteiger partial charge in [-0.1, -0.05) is 18.6 Å². The van der Waals surface area contributed by atoms with Gasteiger partial charge in [0.25, 0.3) is 10.2 Å². The average molecular weight is 433 g/mol. The van der Waals surface area contributed by atoms with Crippen LogP contribution in [0.4, 0.5) is 11.8 Å². The van der Waals surface area contributed by atoms with Gasteiger partial charge in [-0.15, -0.1) is 0 Å². The van der Waals surface area contributed by atoms with E-state index in [4.69, 9.17) is 5.73 Å². The molecule has 4 rings (SSSR count). The monoisotopic (exact) mass is 432 g/mol. The standard InChI is InChI=1S/C21H32N6O2S/c22-20-18-6-2-3-7-19(18)25-21(26-20)23-14-16-8-10-17(11-9-16)15-24-30(28,29)27-12-4-1-5-13-27/h2-3,6-7,16-17,24H,1,4-5,8-15H2,(H3,22,23,25,26). The van der Waals surface area contributed by atoms with Gasteiger partial charge in [-0.2, -0.15) is 17.7 Å². The predicted molar refractivity (Wildman–Crippen MR) is 120 cm³/mol. The molecule has 4 N–H and O–H groups in total. The fraction of sp³-hybridized carbons (Fsp3) is 0.619. The van der Waals surface area contributed by atoms with Crippen molar-refractivity contribution in [1.29, 1.82) is 0 Å². The minimum Gasteiger partial charge on any atom is -0.383 e. The predicted octanol–water partition coefficient (Wildman–Crippen LogP) is 2.75. The van der Waals surface area contributed by atoms with Crippen molar-refractivity contribution in [1.82, 2.24) is 19.0 Å². The first-order chi connectivity index (χ1) is 14.5. The van der Waals surface area contributed by atoms with Gasteiger partial charge in [0, 0.05) is 31.6 Å². The van der Waals surface area contributed by atoms with Gasteiger partial charge in [-0.25, -0.2) is 9.71 Å². The summed E-state index contributed by atoms with van der Waals surface area (Å²) < 4.78 is 29.3. The van der Waals surface area contributed by atoms with E-state index in [0.29, 0.717) is 43.2 Å². The fourth-order valence-electron chi connectivity index (χ4n) is 4.48. The lowest BCUT2D eigenvalue weighted by Gasteiger charge is -2.30. The number of nitrogens with zero attached hydrogens (tertiary/aromatic N) is 3. The zero-order valence-electron chi connectivity index (χ0n) is 17.4. The molecule has 1 aromatic heterocycles. The van der Waals surface area contributed by atoms with Gasteiger partial charge >= 0.3 is 0 Å². The maximum Gasteiger partial charge on any atom is 0.279 e. The number of aromatic nitrogens is 2. The third kappa shape index (κ3) is 5.19. The molecule has 1 saturated heterocycles. The van der Waals surface area contributed by atoms with Crippen LogP contribution in [0.15, 0.2) is 24.3 Å². The lowest BCUT2D eigenvalue weighted by atomic mass is 9.82. The van der Waals surface area contributed by atoms with E-state index in [1.54, 1.807) is 4.31 Å². The second kappa shape index (κ2) is 9.45. The Kier molecular flexibility index (Phi) is 6.70. The van der Waals surface area contributed by atoms with Crippen molar-refractivity contribution in [2.24, 2.45) is 11.8 Å². The summed E-state index contributed by atoms with van der Waals surface area (Å²) in [5.74, 6) is 2.01. The van der Waals surface area contributed by atoms with E-state index in [1.807, 2.05) is 24.3 Å². The maximum atomic E-state index is 12.5. The molecule has 30 heavy (non-hydrogen) atoms. The molecular weight excluding hydrogens is 400 g/mol. The van der Waals surface area contributed by atoms with Crippen LogP contribution in [0, 0.1) is 11.8 Å². The second-order valence-corrected chi connectivity index (χ2v) is 10.3. The largest absolute Gasteiger partial charge is 0.383 e. The second-order valence-electron chi connectivity index (χ2n) is 8.53. The molecule has 8 nitrogen and oxygen atoms in total. The Labute approximate surface area is 178 Å². The van der Waals surface area contributed by atoms with Crippen molar-refractivity contribution >= 4 is 32.9 Å². The smallest absolute Gasteiger partial charge is 0.279 e. The molecule has 2 fully saturated rings. The first-order valence-corrected chi connectivity index (χ1v) is 12.5. The van der Waals surface area contributed by atoms with E-state index < -0.39 is 10.2 Å². The van der Waals surface area contributed by atoms with Crippen molar-refractivity contribution in [2.45, 2.75) is 44.9 Å². The van der Waals surface area contributed by atoms with Crippen LogP contribution in [-0.2, 0) is 10.2 Å². The van der Waals surface area contributed by atoms with Crippen LogP contribution in [0.3, 0.4) is 0 Å². The molecule has 1 aliphatic heterocycles. The Bertz CT molecular complexity index is 953. The zero-order valence-corrected chi connectivity index (χ0v) is 18.2. The van der Waals surface area contributed by atoms with Crippen LogP contribution >= 0.6 is 0 Å². The number of rotatable bonds is 7. The van der Waals surface area contributed by atoms with Crippen LogP contribution in [0.2, 0.25) is 0 Å². The summed E-state index contributed by atoms with van der Waals surface area (Å²) in [6.45, 7) is 2.65. The molecule has 1 saturated carbocycles. The molecule has 0 spiro atoms. The summed E-state index contributed by atoms with van der Waals surface area (Å²) in [6, 6.07) is 7.74. The topological polar surface area (TPSA) is 113 Å². The summed E-state index contributed by atoms with van der Waals surface area (Å²) >= 11 is 0. The van der Waals surface area contributed by atoms with Gasteiger partial charge in [0.2, 0.25) is 5.95 Å². The van der Waals surface area contributed by atoms with Crippen molar-refractivity contribution < 1.29 is 8.42 Å². The van der Waals surface area contributed by atoms with Crippen LogP contribution in [0.25, 0.3) is 10.9 Å². The number of benzene rings is 1. The average Bonchev–Trinajstić information content (AvgIpc) is 2.78. The molecule has 0 atom stereocenters. The number of fused-ring (bicyclic) bond motifs is 1. The Balaban J connectivity index is 1.22. The van der Waals surface area contributed by atoms with Gasteiger partial charge < -0.3 is 11.1 Å². The van der Waals surface area contributed by atoms with E-state index in [2.05, 4.69) is 20.0 Å². The number of anilines is 2. The highest BCUT2D eigenvalue weighted by atomic mass is 32.2. The Morgan fingerprint density at radius 3 is 2.37 bits per heavy atom. The molecule has 2 aliphatic rings. The Morgan fingerprint density at radius 2 is 1.63 bits per heavy atom. The number of nitrogens with one attached hydrogen (secondary N) is 2. The van der Waals surface area contributed by atoms with Crippen LogP contribution < -0.4 is 15.8 Å². The maximum absolute atomic E-state index is 12.5. The Hall–Kier alpha value is -1.97. The quantitative estimate of drug-likeness (QED) is 0.620. The minimum atomic E-state index is -3.32. The molecule has 2 heterocycles. The highest BCUT2D eigenvalue weighted by molar-refractivity contribution is 7.87. The molecule has 0 bridgehead atoms. The van der Waals surface area contributed by atoms with Crippen LogP contribution in [0.1, 0.15) is 44.9 Å². The number of hydrogen-bond acceptors (Lipinski definition) is 6. The number of nitrogens with two attached hydrogens (primary N) is 1. The van der Waals surface area contributed by atoms with Crippen LogP contribution in [0.5, 0.6) is 0 Å². The van der Waals surface area contributed by atoms with Gasteiger partial charge in [0.15, 0.2) is 0 Å². The first-order valence-electron chi connectivity index (χ1n) is 11.0. The minimum absolute atomic E-state index is 0.411. The van der Waals surface area contributed by atoms with E-state index >= 15 is 0 Å². The van der Waals surface area contributed by atoms with Crippen molar-refractivity contribution in [3.05, 3.63) is 24.3 Å². The lowest BCUT2D eigenvalue weighted by molar-refractivity contribution is 0.280. The van der Waals surface area contributed by atoms with Gasteiger partial charge in [0.1, 0.15) is 5.82 Å². The third-order valence-electron chi connectivity index (χ3n) is 6.36. The molecule has 2 aromatic rings. The summed E-state index contributed by atoms with van der Waals surface area (Å²) in [4.78, 5) is 8.93. The lowest BCUT2D eigenvalue weighted by Crippen LogP contribution is -2.45. The zero-order chi connectivity index (χ0) is 21.0. The van der Waals surface area contributed by atoms with E-state index in [-0.39, 0.29) is 0 Å². The summed E-state index contributed by atoms with van der Waals surface area (Å²) in [5.41, 5.74) is 6.90. The van der Waals surface area contributed by atoms with Crippen molar-refractivity contribution in [3.63, 3.8) is 0 Å². The molecule has 1 aliphatic carbocycles. The number of hydrogen-bond donors (Lipinski definition) is 3. The summed E-state index contributed by atoms with van der Waals surface area (Å²) in [7, 11) is -3.32.